The number of hydrogen-bond acceptors (Lipinski definition) is 8. The predicted molar refractivity (Wildman–Crippen MR) is 165 cm³/mol. The summed E-state index contributed by atoms with van der Waals surface area (Å²) in [6.45, 7) is 4.27. The van der Waals surface area contributed by atoms with E-state index in [4.69, 9.17) is 10.5 Å². The van der Waals surface area contributed by atoms with Crippen LogP contribution < -0.4 is 11.1 Å². The number of dihydropyridines is 1. The van der Waals surface area contributed by atoms with Crippen LogP contribution in [0, 0.1) is 10.1 Å². The maximum atomic E-state index is 13.4. The van der Waals surface area contributed by atoms with Crippen LogP contribution in [0.3, 0.4) is 0 Å². The van der Waals surface area contributed by atoms with Crippen LogP contribution >= 0.6 is 0 Å². The summed E-state index contributed by atoms with van der Waals surface area (Å²) in [7, 11) is 0. The lowest BCUT2D eigenvalue weighted by Crippen LogP contribution is -2.43. The monoisotopic (exact) mass is 596 g/mol. The summed E-state index contributed by atoms with van der Waals surface area (Å²) in [5.41, 5.74) is 8.77. The van der Waals surface area contributed by atoms with Crippen molar-refractivity contribution in [2.75, 3.05) is 26.2 Å². The second kappa shape index (κ2) is 13.1. The first-order valence-corrected chi connectivity index (χ1v) is 14.7. The number of esters is 1. The molecule has 0 radical (unpaired) electrons. The number of nitro benzene ring substituents is 1. The summed E-state index contributed by atoms with van der Waals surface area (Å²) in [6.07, 6.45) is 2.53. The minimum Gasteiger partial charge on any atom is -0.478 e. The fourth-order valence-corrected chi connectivity index (χ4v) is 6.46. The van der Waals surface area contributed by atoms with Crippen LogP contribution in [-0.4, -0.2) is 53.1 Å². The van der Waals surface area contributed by atoms with Crippen LogP contribution in [-0.2, 0) is 19.7 Å². The van der Waals surface area contributed by atoms with Crippen molar-refractivity contribution < 1.29 is 24.4 Å². The second-order valence-corrected chi connectivity index (χ2v) is 11.2. The number of hydrogen-bond donors (Lipinski definition) is 3. The summed E-state index contributed by atoms with van der Waals surface area (Å²) in [6, 6.07) is 26.8. The van der Waals surface area contributed by atoms with Crippen LogP contribution in [0.1, 0.15) is 48.8 Å². The van der Waals surface area contributed by atoms with Gasteiger partial charge in [0.1, 0.15) is 5.82 Å². The van der Waals surface area contributed by atoms with Gasteiger partial charge in [-0.25, -0.2) is 9.59 Å². The summed E-state index contributed by atoms with van der Waals surface area (Å²) in [5.74, 6) is -3.29. The van der Waals surface area contributed by atoms with Gasteiger partial charge in [-0.05, 0) is 56.0 Å². The number of non-ortho nitro benzene ring substituents is 1. The van der Waals surface area contributed by atoms with E-state index in [9.17, 15) is 24.8 Å². The Labute approximate surface area is 256 Å². The molecule has 0 spiro atoms. The highest BCUT2D eigenvalue weighted by Gasteiger charge is 2.39. The lowest BCUT2D eigenvalue weighted by molar-refractivity contribution is -0.384. The van der Waals surface area contributed by atoms with E-state index in [1.54, 1.807) is 13.0 Å². The highest BCUT2D eigenvalue weighted by molar-refractivity contribution is 5.99. The largest absolute Gasteiger partial charge is 0.478 e. The number of nitrogens with zero attached hydrogens (tertiary/aromatic N) is 2. The van der Waals surface area contributed by atoms with Gasteiger partial charge < -0.3 is 25.8 Å². The minimum absolute atomic E-state index is 0.0534. The zero-order valence-corrected chi connectivity index (χ0v) is 24.6. The van der Waals surface area contributed by atoms with Crippen LogP contribution in [0.5, 0.6) is 0 Å². The summed E-state index contributed by atoms with van der Waals surface area (Å²) < 4.78 is 5.66. The number of allylic oxidation sites excluding steroid dienone is 1. The molecule has 5 rings (SSSR count). The first kappa shape index (κ1) is 30.5. The maximum absolute atomic E-state index is 13.4. The minimum atomic E-state index is -1.34. The number of rotatable bonds is 10. The molecule has 2 aliphatic rings. The van der Waals surface area contributed by atoms with Gasteiger partial charge in [-0.3, -0.25) is 10.1 Å². The average molecular weight is 597 g/mol. The Bertz CT molecular complexity index is 1550. The highest BCUT2D eigenvalue weighted by Crippen LogP contribution is 2.42. The van der Waals surface area contributed by atoms with Gasteiger partial charge in [-0.2, -0.15) is 0 Å². The molecule has 2 heterocycles. The first-order valence-electron chi connectivity index (χ1n) is 14.7. The van der Waals surface area contributed by atoms with E-state index in [2.05, 4.69) is 58.7 Å². The number of piperidine rings is 1. The third kappa shape index (κ3) is 6.21. The van der Waals surface area contributed by atoms with Crippen LogP contribution in [0.2, 0.25) is 0 Å². The number of carbonyl (C=O) groups excluding carboxylic acids is 1. The van der Waals surface area contributed by atoms with E-state index in [0.29, 0.717) is 12.1 Å². The first-order chi connectivity index (χ1) is 21.2. The van der Waals surface area contributed by atoms with Gasteiger partial charge in [0.2, 0.25) is 0 Å². The van der Waals surface area contributed by atoms with Gasteiger partial charge in [0.05, 0.1) is 28.6 Å². The van der Waals surface area contributed by atoms with Gasteiger partial charge in [-0.1, -0.05) is 72.8 Å². The molecular weight excluding hydrogens is 560 g/mol. The van der Waals surface area contributed by atoms with Crippen molar-refractivity contribution in [1.29, 1.82) is 0 Å². The lowest BCUT2D eigenvalue weighted by Gasteiger charge is -2.43. The second-order valence-electron chi connectivity index (χ2n) is 11.2. The molecule has 0 saturated carbocycles. The van der Waals surface area contributed by atoms with Gasteiger partial charge >= 0.3 is 11.9 Å². The van der Waals surface area contributed by atoms with Crippen molar-refractivity contribution in [1.82, 2.24) is 10.2 Å². The molecule has 10 heteroatoms. The Morgan fingerprint density at radius 3 is 2.18 bits per heavy atom. The molecule has 10 nitrogen and oxygen atoms in total. The quantitative estimate of drug-likeness (QED) is 0.130. The number of nitrogens with one attached hydrogen (secondary N) is 1. The number of nitro groups is 1. The summed E-state index contributed by atoms with van der Waals surface area (Å²) >= 11 is 0. The molecule has 2 aliphatic heterocycles. The fraction of sp³-hybridized carbons (Fsp3) is 0.294. The van der Waals surface area contributed by atoms with Crippen molar-refractivity contribution in [3.8, 4) is 0 Å². The predicted octanol–water partition coefficient (Wildman–Crippen LogP) is 4.83. The number of ether oxygens (including phenoxy) is 1. The van der Waals surface area contributed by atoms with E-state index in [1.165, 1.54) is 29.3 Å². The number of benzene rings is 3. The number of carboxylic acid groups (broad SMARTS) is 1. The van der Waals surface area contributed by atoms with E-state index in [-0.39, 0.29) is 40.2 Å². The Morgan fingerprint density at radius 1 is 1.00 bits per heavy atom. The SMILES string of the molecule is CC1=C(C(=O)OCCCN2CCC(c3ccccc3)(c3ccccc3)CC2)C(c2cccc([N+](=O)[O-])c2)C(C(=O)O)=C(N)N1. The Balaban J connectivity index is 1.24. The molecule has 0 aromatic heterocycles. The topological polar surface area (TPSA) is 148 Å². The van der Waals surface area contributed by atoms with E-state index < -0.39 is 22.8 Å². The van der Waals surface area contributed by atoms with Crippen LogP contribution in [0.15, 0.2) is 108 Å². The zero-order chi connectivity index (χ0) is 31.3. The lowest BCUT2D eigenvalue weighted by atomic mass is 9.68. The van der Waals surface area contributed by atoms with Gasteiger partial charge in [0, 0.05) is 29.8 Å². The van der Waals surface area contributed by atoms with E-state index in [1.807, 2.05) is 12.1 Å². The maximum Gasteiger partial charge on any atom is 0.336 e. The zero-order valence-electron chi connectivity index (χ0n) is 24.6. The molecule has 228 valence electrons. The van der Waals surface area contributed by atoms with Gasteiger partial charge in [-0.15, -0.1) is 0 Å². The number of carboxylic acids is 1. The van der Waals surface area contributed by atoms with Crippen molar-refractivity contribution in [2.45, 2.75) is 37.5 Å². The third-order valence-corrected chi connectivity index (χ3v) is 8.67. The number of aliphatic carboxylic acids is 1. The average Bonchev–Trinajstić information content (AvgIpc) is 3.03. The third-order valence-electron chi connectivity index (χ3n) is 8.67. The molecular formula is C34H36N4O6. The van der Waals surface area contributed by atoms with Crippen LogP contribution in [0.25, 0.3) is 0 Å². The van der Waals surface area contributed by atoms with Crippen molar-refractivity contribution in [3.05, 3.63) is 134 Å². The molecule has 0 bridgehead atoms. The molecule has 1 unspecified atom stereocenters. The molecule has 1 fully saturated rings. The molecule has 1 saturated heterocycles. The Morgan fingerprint density at radius 2 is 1.61 bits per heavy atom. The number of likely N-dealkylation sites (tertiary alicyclic amines) is 1. The fourth-order valence-electron chi connectivity index (χ4n) is 6.46. The molecule has 0 amide bonds. The van der Waals surface area contributed by atoms with E-state index >= 15 is 0 Å². The summed E-state index contributed by atoms with van der Waals surface area (Å²) in [4.78, 5) is 38.8. The molecule has 1 atom stereocenters. The molecule has 4 N–H and O–H groups in total. The van der Waals surface area contributed by atoms with Gasteiger partial charge in [0.15, 0.2) is 0 Å². The molecule has 3 aromatic carbocycles. The number of carbonyl (C=O) groups is 2. The molecule has 44 heavy (non-hydrogen) atoms. The Hall–Kier alpha value is -4.96. The Kier molecular flexibility index (Phi) is 9.10. The van der Waals surface area contributed by atoms with Crippen LogP contribution in [0.4, 0.5) is 5.69 Å². The normalized spacial score (nSPS) is 18.4. The molecule has 3 aromatic rings. The standard InChI is InChI=1S/C34H36N4O6/c1-23-28(29(30(32(39)40)31(35)36-23)24-10-8-15-27(22-24)38(42)43)33(41)44-21-9-18-37-19-16-34(17-20-37,25-11-4-2-5-12-25)26-13-6-3-7-14-26/h2-8,10-15,22,29,36H,9,16-21,35H2,1H3,(H,39,40). The summed E-state index contributed by atoms with van der Waals surface area (Å²) in [5, 5.41) is 24.1. The smallest absolute Gasteiger partial charge is 0.336 e. The highest BCUT2D eigenvalue weighted by atomic mass is 16.6. The molecule has 0 aliphatic carbocycles. The van der Waals surface area contributed by atoms with Crippen molar-refractivity contribution >= 4 is 17.6 Å². The van der Waals surface area contributed by atoms with E-state index in [0.717, 1.165) is 32.5 Å². The van der Waals surface area contributed by atoms with Gasteiger partial charge in [0.25, 0.3) is 5.69 Å². The number of nitrogens with two attached hydrogens (primary N) is 1. The van der Waals surface area contributed by atoms with Crippen molar-refractivity contribution in [2.24, 2.45) is 5.73 Å². The van der Waals surface area contributed by atoms with Crippen molar-refractivity contribution in [3.63, 3.8) is 0 Å².